The number of carbonyl (C=O) groups excluding carboxylic acids is 1. The number of amides is 1. The van der Waals surface area contributed by atoms with Gasteiger partial charge in [0, 0.05) is 12.1 Å². The molecule has 0 aliphatic carbocycles. The van der Waals surface area contributed by atoms with Crippen molar-refractivity contribution in [2.24, 2.45) is 0 Å². The molecule has 6 nitrogen and oxygen atoms in total. The molecule has 1 amide bonds. The molecule has 4 rings (SSSR count). The number of methoxy groups -OCH3 is 1. The van der Waals surface area contributed by atoms with Crippen LogP contribution < -0.4 is 10.3 Å². The van der Waals surface area contributed by atoms with Crippen LogP contribution in [0.1, 0.15) is 36.1 Å². The van der Waals surface area contributed by atoms with E-state index in [0.29, 0.717) is 40.3 Å². The van der Waals surface area contributed by atoms with Crippen LogP contribution in [0.15, 0.2) is 83.7 Å². The fourth-order valence-electron chi connectivity index (χ4n) is 3.91. The molecule has 0 saturated heterocycles. The van der Waals surface area contributed by atoms with E-state index < -0.39 is 6.04 Å². The number of carbonyl (C=O) groups is 1. The largest absolute Gasteiger partial charge is 0.497 e. The van der Waals surface area contributed by atoms with Gasteiger partial charge in [0.15, 0.2) is 0 Å². The summed E-state index contributed by atoms with van der Waals surface area (Å²) in [5, 5.41) is 0.537. The Bertz CT molecular complexity index is 1310. The van der Waals surface area contributed by atoms with Crippen LogP contribution in [0.25, 0.3) is 16.6 Å². The van der Waals surface area contributed by atoms with E-state index in [9.17, 15) is 9.59 Å². The normalized spacial score (nSPS) is 11.8. The van der Waals surface area contributed by atoms with Gasteiger partial charge in [-0.2, -0.15) is 0 Å². The van der Waals surface area contributed by atoms with Gasteiger partial charge in [-0.3, -0.25) is 14.2 Å². The van der Waals surface area contributed by atoms with Crippen molar-refractivity contribution in [2.45, 2.75) is 19.9 Å². The highest BCUT2D eigenvalue weighted by molar-refractivity contribution is 5.95. The van der Waals surface area contributed by atoms with E-state index >= 15 is 0 Å². The minimum absolute atomic E-state index is 0.152. The Kier molecular flexibility index (Phi) is 6.03. The second kappa shape index (κ2) is 9.06. The Balaban J connectivity index is 1.87. The average Bonchev–Trinajstić information content (AvgIpc) is 2.84. The zero-order valence-electron chi connectivity index (χ0n) is 18.4. The van der Waals surface area contributed by atoms with E-state index in [1.165, 1.54) is 0 Å². The van der Waals surface area contributed by atoms with Crippen molar-refractivity contribution in [3.63, 3.8) is 0 Å². The van der Waals surface area contributed by atoms with Crippen molar-refractivity contribution < 1.29 is 9.53 Å². The van der Waals surface area contributed by atoms with E-state index in [1.54, 1.807) is 46.9 Å². The molecule has 3 aromatic carbocycles. The van der Waals surface area contributed by atoms with Crippen molar-refractivity contribution in [1.82, 2.24) is 14.5 Å². The Morgan fingerprint density at radius 2 is 1.75 bits per heavy atom. The molecule has 0 radical (unpaired) electrons. The Morgan fingerprint density at radius 1 is 1.03 bits per heavy atom. The molecule has 0 aliphatic rings. The van der Waals surface area contributed by atoms with Gasteiger partial charge < -0.3 is 9.64 Å². The third kappa shape index (κ3) is 3.87. The quantitative estimate of drug-likeness (QED) is 0.451. The van der Waals surface area contributed by atoms with Crippen molar-refractivity contribution >= 4 is 16.8 Å². The lowest BCUT2D eigenvalue weighted by atomic mass is 10.1. The Morgan fingerprint density at radius 3 is 2.47 bits per heavy atom. The molecule has 0 N–H and O–H groups in total. The minimum Gasteiger partial charge on any atom is -0.497 e. The fraction of sp³-hybridized carbons (Fsp3) is 0.192. The highest BCUT2D eigenvalue weighted by Crippen LogP contribution is 2.25. The first-order chi connectivity index (χ1) is 15.5. The number of hydrogen-bond acceptors (Lipinski definition) is 4. The summed E-state index contributed by atoms with van der Waals surface area (Å²) in [5.74, 6) is 0.975. The van der Waals surface area contributed by atoms with Gasteiger partial charge in [-0.05, 0) is 56.3 Å². The minimum atomic E-state index is -0.448. The maximum atomic E-state index is 13.5. The van der Waals surface area contributed by atoms with Gasteiger partial charge in [0.05, 0.1) is 29.7 Å². The van der Waals surface area contributed by atoms with Gasteiger partial charge in [0.25, 0.3) is 11.5 Å². The van der Waals surface area contributed by atoms with Crippen molar-refractivity contribution in [3.8, 4) is 11.4 Å². The van der Waals surface area contributed by atoms with Gasteiger partial charge in [0.1, 0.15) is 11.6 Å². The van der Waals surface area contributed by atoms with E-state index in [0.717, 1.165) is 0 Å². The van der Waals surface area contributed by atoms with Gasteiger partial charge in [-0.25, -0.2) is 4.98 Å². The lowest BCUT2D eigenvalue weighted by Gasteiger charge is -2.29. The van der Waals surface area contributed by atoms with E-state index in [2.05, 4.69) is 0 Å². The van der Waals surface area contributed by atoms with Crippen LogP contribution in [-0.2, 0) is 0 Å². The summed E-state index contributed by atoms with van der Waals surface area (Å²) in [4.78, 5) is 33.5. The van der Waals surface area contributed by atoms with E-state index in [4.69, 9.17) is 9.72 Å². The molecule has 1 atom stereocenters. The number of nitrogens with zero attached hydrogens (tertiary/aromatic N) is 3. The smallest absolute Gasteiger partial charge is 0.266 e. The maximum absolute atomic E-state index is 13.5. The Labute approximate surface area is 186 Å². The van der Waals surface area contributed by atoms with Crippen LogP contribution in [0.3, 0.4) is 0 Å². The van der Waals surface area contributed by atoms with Gasteiger partial charge in [-0.1, -0.05) is 36.4 Å². The summed E-state index contributed by atoms with van der Waals surface area (Å²) in [6.07, 6.45) is 0. The van der Waals surface area contributed by atoms with Crippen LogP contribution in [0, 0.1) is 0 Å². The summed E-state index contributed by atoms with van der Waals surface area (Å²) >= 11 is 0. The second-order valence-electron chi connectivity index (χ2n) is 7.46. The molecule has 6 heteroatoms. The first kappa shape index (κ1) is 21.3. The van der Waals surface area contributed by atoms with E-state index in [1.807, 2.05) is 62.4 Å². The molecule has 1 unspecified atom stereocenters. The molecular formula is C26H25N3O3. The predicted molar refractivity (Wildman–Crippen MR) is 125 cm³/mol. The second-order valence-corrected chi connectivity index (χ2v) is 7.46. The van der Waals surface area contributed by atoms with Gasteiger partial charge >= 0.3 is 0 Å². The summed E-state index contributed by atoms with van der Waals surface area (Å²) in [7, 11) is 1.57. The SMILES string of the molecule is CCN(C(=O)c1cccc(OC)c1)C(C)c1nc2ccccc2c(=O)n1-c1ccccc1. The number of fused-ring (bicyclic) bond motifs is 1. The lowest BCUT2D eigenvalue weighted by molar-refractivity contribution is 0.0693. The maximum Gasteiger partial charge on any atom is 0.266 e. The summed E-state index contributed by atoms with van der Waals surface area (Å²) in [6.45, 7) is 4.27. The van der Waals surface area contributed by atoms with Gasteiger partial charge in [0.2, 0.25) is 0 Å². The van der Waals surface area contributed by atoms with E-state index in [-0.39, 0.29) is 11.5 Å². The van der Waals surface area contributed by atoms with Crippen molar-refractivity contribution in [3.05, 3.63) is 101 Å². The number of hydrogen-bond donors (Lipinski definition) is 0. The zero-order valence-corrected chi connectivity index (χ0v) is 18.4. The van der Waals surface area contributed by atoms with Crippen molar-refractivity contribution in [1.29, 1.82) is 0 Å². The molecule has 0 saturated carbocycles. The molecule has 32 heavy (non-hydrogen) atoms. The molecule has 0 spiro atoms. The molecule has 0 aliphatic heterocycles. The lowest BCUT2D eigenvalue weighted by Crippen LogP contribution is -2.37. The predicted octanol–water partition coefficient (Wildman–Crippen LogP) is 4.62. The monoisotopic (exact) mass is 427 g/mol. The fourth-order valence-corrected chi connectivity index (χ4v) is 3.91. The molecule has 4 aromatic rings. The third-order valence-electron chi connectivity index (χ3n) is 5.58. The molecule has 1 heterocycles. The topological polar surface area (TPSA) is 64.4 Å². The number of para-hydroxylation sites is 2. The summed E-state index contributed by atoms with van der Waals surface area (Å²) < 4.78 is 6.88. The Hall–Kier alpha value is -3.93. The van der Waals surface area contributed by atoms with Crippen LogP contribution in [0.4, 0.5) is 0 Å². The van der Waals surface area contributed by atoms with Crippen molar-refractivity contribution in [2.75, 3.05) is 13.7 Å². The first-order valence-electron chi connectivity index (χ1n) is 10.6. The highest BCUT2D eigenvalue weighted by atomic mass is 16.5. The first-order valence-corrected chi connectivity index (χ1v) is 10.6. The summed E-state index contributed by atoms with van der Waals surface area (Å²) in [6, 6.07) is 23.3. The molecule has 1 aromatic heterocycles. The highest BCUT2D eigenvalue weighted by Gasteiger charge is 2.26. The van der Waals surface area contributed by atoms with Crippen LogP contribution in [0.5, 0.6) is 5.75 Å². The number of benzene rings is 3. The van der Waals surface area contributed by atoms with Crippen LogP contribution >= 0.6 is 0 Å². The van der Waals surface area contributed by atoms with Gasteiger partial charge in [-0.15, -0.1) is 0 Å². The molecule has 0 bridgehead atoms. The van der Waals surface area contributed by atoms with Crippen LogP contribution in [-0.4, -0.2) is 34.0 Å². The molecular weight excluding hydrogens is 402 g/mol. The van der Waals surface area contributed by atoms with Crippen LogP contribution in [0.2, 0.25) is 0 Å². The number of rotatable bonds is 6. The molecule has 162 valence electrons. The standard InChI is InChI=1S/C26H25N3O3/c1-4-28(25(30)19-11-10-14-21(17-19)32-3)18(2)24-27-23-16-9-8-15-22(23)26(31)29(24)20-12-6-5-7-13-20/h5-18H,4H2,1-3H3. The third-order valence-corrected chi connectivity index (χ3v) is 5.58. The summed E-state index contributed by atoms with van der Waals surface area (Å²) in [5.41, 5.74) is 1.68. The number of ether oxygens (including phenoxy) is 1. The number of aromatic nitrogens is 2. The zero-order chi connectivity index (χ0) is 22.7. The molecule has 0 fully saturated rings. The average molecular weight is 428 g/mol.